The van der Waals surface area contributed by atoms with Crippen molar-refractivity contribution in [2.45, 2.75) is 25.2 Å². The Kier molecular flexibility index (Phi) is 9.43. The summed E-state index contributed by atoms with van der Waals surface area (Å²) in [5.74, 6) is 0.0321. The van der Waals surface area contributed by atoms with Crippen molar-refractivity contribution >= 4 is 27.7 Å². The summed E-state index contributed by atoms with van der Waals surface area (Å²) in [6, 6.07) is 22.5. The number of carbonyl (C=O) groups is 1. The van der Waals surface area contributed by atoms with Gasteiger partial charge in [0.1, 0.15) is 17.2 Å². The Balaban J connectivity index is 1.49. The van der Waals surface area contributed by atoms with Gasteiger partial charge >= 0.3 is 0 Å². The largest absolute Gasteiger partial charge is 0.495 e. The van der Waals surface area contributed by atoms with Crippen LogP contribution in [-0.4, -0.2) is 70.5 Å². The molecule has 0 spiro atoms. The molecule has 206 valence electrons. The Labute approximate surface area is 232 Å². The molecule has 1 aliphatic heterocycles. The Morgan fingerprint density at radius 1 is 0.974 bits per heavy atom. The Hall–Kier alpha value is -3.62. The minimum atomic E-state index is -4.08. The zero-order valence-electron chi connectivity index (χ0n) is 22.9. The van der Waals surface area contributed by atoms with E-state index in [2.05, 4.69) is 29.2 Å². The Morgan fingerprint density at radius 3 is 2.31 bits per heavy atom. The summed E-state index contributed by atoms with van der Waals surface area (Å²) in [6.07, 6.45) is 5.07. The molecule has 3 aromatic carbocycles. The number of amides is 1. The van der Waals surface area contributed by atoms with Crippen molar-refractivity contribution in [3.05, 3.63) is 95.6 Å². The van der Waals surface area contributed by atoms with Crippen LogP contribution in [0.2, 0.25) is 0 Å². The lowest BCUT2D eigenvalue weighted by atomic mass is 10.1. The number of ether oxygens (including phenoxy) is 1. The van der Waals surface area contributed by atoms with E-state index in [9.17, 15) is 13.2 Å². The second-order valence-corrected chi connectivity index (χ2v) is 11.5. The fourth-order valence-corrected chi connectivity index (χ4v) is 6.28. The summed E-state index contributed by atoms with van der Waals surface area (Å²) in [7, 11) is -2.63. The van der Waals surface area contributed by atoms with E-state index < -0.39 is 10.0 Å². The first-order chi connectivity index (χ1) is 18.8. The number of hydrogen-bond acceptors (Lipinski definition) is 5. The smallest absolute Gasteiger partial charge is 0.268 e. The molecule has 0 aromatic heterocycles. The molecule has 0 N–H and O–H groups in total. The molecular weight excluding hydrogens is 510 g/mol. The average molecular weight is 548 g/mol. The molecule has 0 bridgehead atoms. The van der Waals surface area contributed by atoms with Gasteiger partial charge in [0, 0.05) is 32.7 Å². The van der Waals surface area contributed by atoms with E-state index in [1.54, 1.807) is 35.2 Å². The molecule has 8 heteroatoms. The number of nitrogens with zero attached hydrogens (tertiary/aromatic N) is 3. The van der Waals surface area contributed by atoms with E-state index in [-0.39, 0.29) is 23.1 Å². The molecule has 39 heavy (non-hydrogen) atoms. The van der Waals surface area contributed by atoms with Crippen LogP contribution in [0.25, 0.3) is 6.08 Å². The number of aryl methyl sites for hydroxylation is 2. The van der Waals surface area contributed by atoms with Crippen LogP contribution in [0.15, 0.2) is 83.8 Å². The molecule has 0 aliphatic carbocycles. The second-order valence-electron chi connectivity index (χ2n) is 9.68. The van der Waals surface area contributed by atoms with Crippen LogP contribution in [0.5, 0.6) is 5.75 Å². The quantitative estimate of drug-likeness (QED) is 0.371. The second kappa shape index (κ2) is 13.0. The van der Waals surface area contributed by atoms with Gasteiger partial charge in [0.25, 0.3) is 10.0 Å². The van der Waals surface area contributed by atoms with Crippen molar-refractivity contribution in [1.29, 1.82) is 0 Å². The van der Waals surface area contributed by atoms with E-state index in [0.717, 1.165) is 42.7 Å². The van der Waals surface area contributed by atoms with E-state index >= 15 is 0 Å². The van der Waals surface area contributed by atoms with Gasteiger partial charge in [-0.1, -0.05) is 67.6 Å². The van der Waals surface area contributed by atoms with Crippen molar-refractivity contribution < 1.29 is 17.9 Å². The van der Waals surface area contributed by atoms with Crippen LogP contribution in [0.4, 0.5) is 5.69 Å². The zero-order chi connectivity index (χ0) is 27.8. The van der Waals surface area contributed by atoms with Gasteiger partial charge in [0.2, 0.25) is 5.91 Å². The van der Waals surface area contributed by atoms with Crippen LogP contribution >= 0.6 is 0 Å². The molecule has 1 amide bonds. The Morgan fingerprint density at radius 2 is 1.67 bits per heavy atom. The number of anilines is 1. The highest BCUT2D eigenvalue weighted by molar-refractivity contribution is 7.93. The van der Waals surface area contributed by atoms with E-state index in [1.807, 2.05) is 44.2 Å². The van der Waals surface area contributed by atoms with Gasteiger partial charge < -0.3 is 9.64 Å². The maximum absolute atomic E-state index is 14.0. The van der Waals surface area contributed by atoms with E-state index in [1.165, 1.54) is 11.4 Å². The average Bonchev–Trinajstić information content (AvgIpc) is 2.96. The predicted octanol–water partition coefficient (Wildman–Crippen LogP) is 4.62. The lowest BCUT2D eigenvalue weighted by Gasteiger charge is -2.35. The summed E-state index contributed by atoms with van der Waals surface area (Å²) in [6.45, 7) is 6.96. The van der Waals surface area contributed by atoms with Crippen molar-refractivity contribution in [3.8, 4) is 5.75 Å². The van der Waals surface area contributed by atoms with Gasteiger partial charge in [-0.05, 0) is 54.3 Å². The van der Waals surface area contributed by atoms with Gasteiger partial charge in [-0.25, -0.2) is 8.42 Å². The van der Waals surface area contributed by atoms with Crippen LogP contribution in [0.1, 0.15) is 23.6 Å². The molecule has 0 unspecified atom stereocenters. The summed E-state index contributed by atoms with van der Waals surface area (Å²) < 4.78 is 34.6. The maximum atomic E-state index is 14.0. The fourth-order valence-electron chi connectivity index (χ4n) is 4.62. The van der Waals surface area contributed by atoms with Gasteiger partial charge in [0.05, 0.1) is 12.8 Å². The van der Waals surface area contributed by atoms with Crippen molar-refractivity contribution in [1.82, 2.24) is 9.80 Å². The van der Waals surface area contributed by atoms with Crippen LogP contribution in [-0.2, 0) is 21.2 Å². The summed E-state index contributed by atoms with van der Waals surface area (Å²) in [5, 5.41) is 0. The van der Waals surface area contributed by atoms with Gasteiger partial charge in [-0.3, -0.25) is 14.0 Å². The van der Waals surface area contributed by atoms with Crippen molar-refractivity contribution in [2.24, 2.45) is 0 Å². The number of piperazine rings is 1. The summed E-state index contributed by atoms with van der Waals surface area (Å²) >= 11 is 0. The van der Waals surface area contributed by atoms with E-state index in [4.69, 9.17) is 4.74 Å². The van der Waals surface area contributed by atoms with Crippen LogP contribution in [0, 0.1) is 6.92 Å². The highest BCUT2D eigenvalue weighted by Crippen LogP contribution is 2.31. The fraction of sp³-hybridized carbons (Fsp3) is 0.323. The number of carbonyl (C=O) groups excluding carboxylic acids is 1. The first-order valence-corrected chi connectivity index (χ1v) is 14.7. The van der Waals surface area contributed by atoms with E-state index in [0.29, 0.717) is 18.8 Å². The third-order valence-corrected chi connectivity index (χ3v) is 8.79. The monoisotopic (exact) mass is 547 g/mol. The minimum Gasteiger partial charge on any atom is -0.495 e. The van der Waals surface area contributed by atoms with Gasteiger partial charge in [-0.2, -0.15) is 0 Å². The molecular formula is C31H37N3O4S. The predicted molar refractivity (Wildman–Crippen MR) is 157 cm³/mol. The van der Waals surface area contributed by atoms with Crippen LogP contribution in [0.3, 0.4) is 0 Å². The Bertz CT molecular complexity index is 1380. The maximum Gasteiger partial charge on any atom is 0.268 e. The highest BCUT2D eigenvalue weighted by Gasteiger charge is 2.32. The third-order valence-electron chi connectivity index (χ3n) is 7.00. The molecule has 3 aromatic rings. The van der Waals surface area contributed by atoms with Crippen LogP contribution < -0.4 is 9.04 Å². The number of hydrogen-bond donors (Lipinski definition) is 0. The lowest BCUT2D eigenvalue weighted by Crippen LogP contribution is -2.51. The summed E-state index contributed by atoms with van der Waals surface area (Å²) in [5.41, 5.74) is 3.49. The number of sulfonamides is 1. The first-order valence-electron chi connectivity index (χ1n) is 13.3. The highest BCUT2D eigenvalue weighted by atomic mass is 32.2. The van der Waals surface area contributed by atoms with Crippen molar-refractivity contribution in [2.75, 3.05) is 50.7 Å². The van der Waals surface area contributed by atoms with Gasteiger partial charge in [-0.15, -0.1) is 0 Å². The number of benzene rings is 3. The molecule has 1 fully saturated rings. The lowest BCUT2D eigenvalue weighted by molar-refractivity contribution is -0.131. The topological polar surface area (TPSA) is 70.2 Å². The molecule has 7 nitrogen and oxygen atoms in total. The minimum absolute atomic E-state index is 0.0485. The molecule has 1 aliphatic rings. The molecule has 0 atom stereocenters. The molecule has 4 rings (SSSR count). The zero-order valence-corrected chi connectivity index (χ0v) is 23.7. The molecule has 0 saturated carbocycles. The summed E-state index contributed by atoms with van der Waals surface area (Å²) in [4.78, 5) is 17.6. The third kappa shape index (κ3) is 7.07. The SMILES string of the molecule is CCc1ccc(N(CC(=O)N2CCN(C/C=C/c3ccccc3)CC2)S(=O)(=O)c2cc(C)ccc2OC)cc1. The standard InChI is InChI=1S/C31H37N3O4S/c1-4-26-13-15-28(16-14-26)34(39(36,37)30-23-25(2)12-17-29(30)38-3)24-31(35)33-21-19-32(20-22-33)18-8-11-27-9-6-5-7-10-27/h5-17,23H,4,18-22,24H2,1-3H3/b11-8+. The molecule has 0 radical (unpaired) electrons. The normalized spacial score (nSPS) is 14.5. The number of methoxy groups -OCH3 is 1. The van der Waals surface area contributed by atoms with Gasteiger partial charge in [0.15, 0.2) is 0 Å². The number of rotatable bonds is 10. The molecule has 1 heterocycles. The molecule has 1 saturated heterocycles. The first kappa shape index (κ1) is 28.4. The van der Waals surface area contributed by atoms with Crippen molar-refractivity contribution in [3.63, 3.8) is 0 Å².